The molecule has 0 saturated carbocycles. The summed E-state index contributed by atoms with van der Waals surface area (Å²) in [5, 5.41) is 33.0. The van der Waals surface area contributed by atoms with E-state index in [4.69, 9.17) is 33.5 Å². The van der Waals surface area contributed by atoms with E-state index in [0.29, 0.717) is 44.9 Å². The van der Waals surface area contributed by atoms with Crippen LogP contribution < -0.4 is 51.5 Å². The predicted molar refractivity (Wildman–Crippen MR) is 391 cm³/mol. The molecule has 0 bridgehead atoms. The lowest BCUT2D eigenvalue weighted by atomic mass is 10.3. The molecule has 0 aliphatic heterocycles. The molecular formula is C69H65ClN18O10S3. The Labute approximate surface area is 584 Å². The van der Waals surface area contributed by atoms with Crippen molar-refractivity contribution in [1.82, 2.24) is 29.3 Å². The third-order valence-corrected chi connectivity index (χ3v) is 21.0. The Kier molecular flexibility index (Phi) is 22.2. The first-order valence-corrected chi connectivity index (χ1v) is 35.3. The Morgan fingerprint density at radius 2 is 0.713 bits per heavy atom. The first-order valence-electron chi connectivity index (χ1n) is 30.6. The number of aromatic amines is 3. The van der Waals surface area contributed by atoms with Gasteiger partial charge in [0.25, 0.3) is 30.1 Å². The molecule has 0 radical (unpaired) electrons. The quantitative estimate of drug-likeness (QED) is 0.0365. The number of benzene rings is 9. The number of nitrogens with two attached hydrogens (primary N) is 3. The molecule has 0 spiro atoms. The Hall–Kier alpha value is -12.5. The van der Waals surface area contributed by atoms with E-state index in [1.807, 2.05) is 24.3 Å². The summed E-state index contributed by atoms with van der Waals surface area (Å²) in [6.45, 7) is 3.91. The van der Waals surface area contributed by atoms with Gasteiger partial charge in [0.05, 0.1) is 41.2 Å². The standard InChI is InChI=1S/C24H24N6O4S.C23H22N6O3S.C22H19ClN6O3S/c1-3-29(17-10-6-4-7-11-17)35(32,33)21-15-14-19(34-2)16-20(21)26-27-22-23(25)28-30(24(22)31)18-12-8-5-9-13-18;1-2-28(17-11-5-3-6-12-17)33(31,32)20-16-10-9-15-19(20)25-26-21-22(24)27-29(23(21)30)18-13-7-4-8-14-18;1-28(16-13-11-15(23)12-14-16)33(31,32)19-10-6-5-9-18(19)25-26-20-21(24)27-29(22(20)30)17-7-3-2-4-8-17/h4-16,28H,3,25H2,1-2H3;3-16,27H,2,24H2,1H3;2-14,27H,24H2,1H3. The van der Waals surface area contributed by atoms with Crippen molar-refractivity contribution in [3.05, 3.63) is 279 Å². The average molecular weight is 1440 g/mol. The second-order valence-corrected chi connectivity index (χ2v) is 27.4. The number of nitrogens with one attached hydrogen (secondary N) is 3. The molecule has 3 aromatic heterocycles. The van der Waals surface area contributed by atoms with Gasteiger partial charge in [-0.1, -0.05) is 127 Å². The topological polar surface area (TPSA) is 387 Å². The molecule has 9 N–H and O–H groups in total. The molecule has 0 atom stereocenters. The maximum Gasteiger partial charge on any atom is 0.301 e. The van der Waals surface area contributed by atoms with Crippen LogP contribution in [0.1, 0.15) is 13.8 Å². The Morgan fingerprint density at radius 3 is 1.07 bits per heavy atom. The fourth-order valence-electron chi connectivity index (χ4n) is 10.00. The molecule has 516 valence electrons. The lowest BCUT2D eigenvalue weighted by Crippen LogP contribution is -2.30. The monoisotopic (exact) mass is 1440 g/mol. The van der Waals surface area contributed by atoms with Crippen LogP contribution in [0.3, 0.4) is 0 Å². The average Bonchev–Trinajstić information content (AvgIpc) is 1.73. The van der Waals surface area contributed by atoms with Gasteiger partial charge in [-0.05, 0) is 135 Å². The highest BCUT2D eigenvalue weighted by molar-refractivity contribution is 7.93. The van der Waals surface area contributed by atoms with E-state index in [1.165, 1.54) is 79.3 Å². The molecule has 101 heavy (non-hydrogen) atoms. The number of hydrogen-bond donors (Lipinski definition) is 6. The van der Waals surface area contributed by atoms with Crippen LogP contribution in [0.4, 0.5) is 68.6 Å². The molecule has 0 amide bonds. The van der Waals surface area contributed by atoms with Crippen molar-refractivity contribution < 1.29 is 30.0 Å². The van der Waals surface area contributed by atoms with Gasteiger partial charge in [-0.25, -0.2) is 39.3 Å². The number of para-hydroxylation sites is 5. The van der Waals surface area contributed by atoms with Crippen LogP contribution in [0, 0.1) is 0 Å². The van der Waals surface area contributed by atoms with E-state index < -0.39 is 46.7 Å². The molecule has 0 fully saturated rings. The largest absolute Gasteiger partial charge is 0.497 e. The minimum absolute atomic E-state index is 0.00462. The highest BCUT2D eigenvalue weighted by Crippen LogP contribution is 2.37. The number of hydrogen-bond acceptors (Lipinski definition) is 19. The summed E-state index contributed by atoms with van der Waals surface area (Å²) in [5.74, 6) is 0.400. The van der Waals surface area contributed by atoms with Crippen molar-refractivity contribution in [1.29, 1.82) is 0 Å². The summed E-state index contributed by atoms with van der Waals surface area (Å²) in [7, 11) is -9.06. The molecule has 0 aliphatic rings. The summed E-state index contributed by atoms with van der Waals surface area (Å²) >= 11 is 5.90. The van der Waals surface area contributed by atoms with Crippen LogP contribution in [0.2, 0.25) is 5.02 Å². The number of methoxy groups -OCH3 is 1. The van der Waals surface area contributed by atoms with Crippen LogP contribution in [0.25, 0.3) is 17.1 Å². The first-order chi connectivity index (χ1) is 48.6. The van der Waals surface area contributed by atoms with E-state index in [2.05, 4.69) is 46.0 Å². The van der Waals surface area contributed by atoms with Gasteiger partial charge in [0.15, 0.2) is 17.1 Å². The zero-order valence-corrected chi connectivity index (χ0v) is 57.5. The lowest BCUT2D eigenvalue weighted by molar-refractivity contribution is 0.414. The van der Waals surface area contributed by atoms with Crippen molar-refractivity contribution >= 4 is 110 Å². The van der Waals surface area contributed by atoms with Crippen molar-refractivity contribution in [3.63, 3.8) is 0 Å². The highest BCUT2D eigenvalue weighted by atomic mass is 35.5. The second kappa shape index (κ2) is 31.4. The van der Waals surface area contributed by atoms with Gasteiger partial charge in [-0.3, -0.25) is 42.6 Å². The van der Waals surface area contributed by atoms with Gasteiger partial charge in [0.2, 0.25) is 0 Å². The summed E-state index contributed by atoms with van der Waals surface area (Å²) in [6, 6.07) is 67.2. The Bertz CT molecular complexity index is 5530. The first kappa shape index (κ1) is 71.3. The normalized spacial score (nSPS) is 11.7. The fraction of sp³-hybridized carbons (Fsp3) is 0.0870. The van der Waals surface area contributed by atoms with Gasteiger partial charge < -0.3 is 21.9 Å². The second-order valence-electron chi connectivity index (χ2n) is 21.4. The maximum absolute atomic E-state index is 13.6. The Balaban J connectivity index is 0.000000163. The third-order valence-electron chi connectivity index (χ3n) is 15.0. The molecule has 12 rings (SSSR count). The van der Waals surface area contributed by atoms with E-state index in [0.717, 1.165) is 4.31 Å². The summed E-state index contributed by atoms with van der Waals surface area (Å²) in [4.78, 5) is 38.3. The van der Waals surface area contributed by atoms with Gasteiger partial charge in [-0.2, -0.15) is 0 Å². The molecule has 0 saturated heterocycles. The van der Waals surface area contributed by atoms with Crippen molar-refractivity contribution in [3.8, 4) is 22.8 Å². The van der Waals surface area contributed by atoms with E-state index >= 15 is 0 Å². The fourth-order valence-corrected chi connectivity index (χ4v) is 14.6. The van der Waals surface area contributed by atoms with Crippen molar-refractivity contribution in [2.24, 2.45) is 30.7 Å². The Morgan fingerprint density at radius 1 is 0.396 bits per heavy atom. The molecule has 12 aromatic rings. The lowest BCUT2D eigenvalue weighted by Gasteiger charge is -2.23. The molecule has 9 aromatic carbocycles. The van der Waals surface area contributed by atoms with Crippen LogP contribution in [0.5, 0.6) is 5.75 Å². The third kappa shape index (κ3) is 15.8. The molecule has 0 unspecified atom stereocenters. The number of azo groups is 3. The van der Waals surface area contributed by atoms with Gasteiger partial charge in [0.1, 0.15) is 55.0 Å². The minimum atomic E-state index is -4.02. The molecule has 3 heterocycles. The molecule has 32 heteroatoms. The maximum atomic E-state index is 13.6. The number of nitrogens with zero attached hydrogens (tertiary/aromatic N) is 12. The zero-order valence-electron chi connectivity index (χ0n) is 54.3. The number of halogens is 1. The number of ether oxygens (including phenoxy) is 1. The van der Waals surface area contributed by atoms with Gasteiger partial charge >= 0.3 is 16.7 Å². The predicted octanol–water partition coefficient (Wildman–Crippen LogP) is 13.4. The van der Waals surface area contributed by atoms with Gasteiger partial charge in [0, 0.05) is 31.2 Å². The molecule has 28 nitrogen and oxygen atoms in total. The number of H-pyrrole nitrogens is 3. The summed E-state index contributed by atoms with van der Waals surface area (Å²) in [6.07, 6.45) is 0. The van der Waals surface area contributed by atoms with Crippen LogP contribution in [-0.4, -0.2) is 81.8 Å². The zero-order chi connectivity index (χ0) is 72.0. The number of rotatable bonds is 21. The van der Waals surface area contributed by atoms with Crippen LogP contribution in [-0.2, 0) is 30.1 Å². The highest BCUT2D eigenvalue weighted by Gasteiger charge is 2.30. The number of aromatic nitrogens is 6. The van der Waals surface area contributed by atoms with E-state index in [9.17, 15) is 39.6 Å². The van der Waals surface area contributed by atoms with E-state index in [-0.39, 0.29) is 79.4 Å². The summed E-state index contributed by atoms with van der Waals surface area (Å²) < 4.78 is 93.3. The SMILES string of the molecule is CCN(c1ccccc1)S(=O)(=O)c1ccc(OC)cc1N=Nc1c(N)[nH]n(-c2ccccc2)c1=O.CCN(c1ccccc1)S(=O)(=O)c1ccccc1N=Nc1c(N)[nH]n(-c2ccccc2)c1=O.CN(c1ccc(Cl)cc1)S(=O)(=O)c1ccccc1N=Nc1c(N)[nH]n(-c2ccccc2)c1=O. The number of nitrogen functional groups attached to an aromatic ring is 3. The van der Waals surface area contributed by atoms with Crippen LogP contribution >= 0.6 is 11.6 Å². The van der Waals surface area contributed by atoms with Crippen LogP contribution in [0.15, 0.2) is 302 Å². The summed E-state index contributed by atoms with van der Waals surface area (Å²) in [5.41, 5.74) is 19.3. The van der Waals surface area contributed by atoms with Crippen molar-refractivity contribution in [2.75, 3.05) is 57.4 Å². The molecule has 0 aliphatic carbocycles. The molecular weight excluding hydrogens is 1370 g/mol. The smallest absolute Gasteiger partial charge is 0.301 e. The number of sulfonamides is 3. The van der Waals surface area contributed by atoms with Gasteiger partial charge in [-0.15, -0.1) is 30.7 Å². The van der Waals surface area contributed by atoms with E-state index in [1.54, 1.807) is 190 Å². The number of anilines is 6. The minimum Gasteiger partial charge on any atom is -0.497 e. The van der Waals surface area contributed by atoms with Crippen molar-refractivity contribution in [2.45, 2.75) is 28.5 Å².